The third-order valence-electron chi connectivity index (χ3n) is 5.27. The van der Waals surface area contributed by atoms with Crippen LogP contribution in [0.1, 0.15) is 76.7 Å². The van der Waals surface area contributed by atoms with Crippen LogP contribution < -0.4 is 15.0 Å². The average Bonchev–Trinajstić information content (AvgIpc) is 2.78. The number of nitrogens with zero attached hydrogens (tertiary/aromatic N) is 2. The van der Waals surface area contributed by atoms with Crippen LogP contribution in [0.5, 0.6) is 0 Å². The molecule has 0 aliphatic heterocycles. The molecule has 2 aromatic rings. The molecule has 6 heteroatoms. The van der Waals surface area contributed by atoms with Crippen LogP contribution >= 0.6 is 12.4 Å². The molecular formula is C26H38ClN3O2. The van der Waals surface area contributed by atoms with Crippen LogP contribution in [0, 0.1) is 0 Å². The molecule has 2 rings (SSSR count). The van der Waals surface area contributed by atoms with Gasteiger partial charge in [-0.25, -0.2) is 0 Å². The molecule has 0 saturated carbocycles. The van der Waals surface area contributed by atoms with Crippen LogP contribution in [-0.4, -0.2) is 18.3 Å². The quantitative estimate of drug-likeness (QED) is 0.178. The largest absolute Gasteiger partial charge is 0.858 e. The Morgan fingerprint density at radius 1 is 0.906 bits per heavy atom. The molecule has 0 bridgehead atoms. The van der Waals surface area contributed by atoms with Gasteiger partial charge in [-0.2, -0.15) is 4.57 Å². The zero-order valence-electron chi connectivity index (χ0n) is 19.3. The van der Waals surface area contributed by atoms with Crippen LogP contribution in [0.25, 0.3) is 0 Å². The molecule has 0 aliphatic rings. The third kappa shape index (κ3) is 11.8. The maximum atomic E-state index is 12.4. The van der Waals surface area contributed by atoms with Crippen LogP contribution in [-0.2, 0) is 11.3 Å². The van der Waals surface area contributed by atoms with Gasteiger partial charge in [0.05, 0.1) is 5.69 Å². The summed E-state index contributed by atoms with van der Waals surface area (Å²) >= 11 is 0. The fourth-order valence-electron chi connectivity index (χ4n) is 3.49. The summed E-state index contributed by atoms with van der Waals surface area (Å²) in [7, 11) is 0. The van der Waals surface area contributed by atoms with Gasteiger partial charge < -0.3 is 10.4 Å². The monoisotopic (exact) mass is 459 g/mol. The Bertz CT molecular complexity index is 797. The average molecular weight is 460 g/mol. The molecule has 5 nitrogen and oxygen atoms in total. The summed E-state index contributed by atoms with van der Waals surface area (Å²) < 4.78 is 1.72. The molecule has 0 aliphatic carbocycles. The molecule has 176 valence electrons. The highest BCUT2D eigenvalue weighted by atomic mass is 35.5. The van der Waals surface area contributed by atoms with Crippen molar-refractivity contribution in [2.24, 2.45) is 4.99 Å². The Morgan fingerprint density at radius 3 is 2.19 bits per heavy atom. The minimum Gasteiger partial charge on any atom is -0.858 e. The number of halogens is 1. The zero-order chi connectivity index (χ0) is 22.2. The van der Waals surface area contributed by atoms with E-state index in [-0.39, 0.29) is 30.8 Å². The second-order valence-corrected chi connectivity index (χ2v) is 8.05. The number of aromatic nitrogens is 1. The second-order valence-electron chi connectivity index (χ2n) is 8.05. The molecule has 0 atom stereocenters. The van der Waals surface area contributed by atoms with Crippen molar-refractivity contribution >= 4 is 29.9 Å². The molecule has 0 fully saturated rings. The Kier molecular flexibility index (Phi) is 14.8. The van der Waals surface area contributed by atoms with E-state index in [9.17, 15) is 9.90 Å². The molecular weight excluding hydrogens is 422 g/mol. The van der Waals surface area contributed by atoms with E-state index >= 15 is 0 Å². The van der Waals surface area contributed by atoms with Gasteiger partial charge in [-0.1, -0.05) is 82.9 Å². The van der Waals surface area contributed by atoms with E-state index in [4.69, 9.17) is 0 Å². The lowest BCUT2D eigenvalue weighted by Crippen LogP contribution is -2.43. The van der Waals surface area contributed by atoms with E-state index in [1.807, 2.05) is 18.2 Å². The van der Waals surface area contributed by atoms with Crippen LogP contribution in [0.3, 0.4) is 0 Å². The summed E-state index contributed by atoms with van der Waals surface area (Å²) in [6.07, 6.45) is 16.3. The topological polar surface area (TPSA) is 68.4 Å². The predicted molar refractivity (Wildman–Crippen MR) is 131 cm³/mol. The number of carbonyl (C=O) groups excluding carboxylic acids is 1. The van der Waals surface area contributed by atoms with E-state index in [1.165, 1.54) is 51.4 Å². The van der Waals surface area contributed by atoms with Crippen molar-refractivity contribution < 1.29 is 14.5 Å². The molecule has 0 spiro atoms. The number of hydrogen-bond acceptors (Lipinski definition) is 3. The first kappa shape index (κ1) is 27.6. The van der Waals surface area contributed by atoms with Gasteiger partial charge in [-0.3, -0.25) is 9.79 Å². The summed E-state index contributed by atoms with van der Waals surface area (Å²) in [5.74, 6) is -0.350. The number of nitrogens with one attached hydrogen (secondary N) is 1. The Hall–Kier alpha value is -2.40. The highest BCUT2D eigenvalue weighted by Crippen LogP contribution is 2.11. The Labute approximate surface area is 199 Å². The smallest absolute Gasteiger partial charge is 0.285 e. The molecule has 32 heavy (non-hydrogen) atoms. The van der Waals surface area contributed by atoms with Gasteiger partial charge in [0.25, 0.3) is 5.91 Å². The molecule has 1 aromatic carbocycles. The summed E-state index contributed by atoms with van der Waals surface area (Å²) in [4.78, 5) is 16.3. The Morgan fingerprint density at radius 2 is 1.53 bits per heavy atom. The van der Waals surface area contributed by atoms with Gasteiger partial charge in [-0.05, 0) is 24.6 Å². The van der Waals surface area contributed by atoms with Gasteiger partial charge >= 0.3 is 0 Å². The van der Waals surface area contributed by atoms with Crippen molar-refractivity contribution in [3.8, 4) is 0 Å². The highest BCUT2D eigenvalue weighted by Gasteiger charge is 2.09. The van der Waals surface area contributed by atoms with Gasteiger partial charge in [0.1, 0.15) is 0 Å². The number of amides is 1. The maximum absolute atomic E-state index is 12.4. The minimum atomic E-state index is -0.314. The lowest BCUT2D eigenvalue weighted by molar-refractivity contribution is -0.684. The maximum Gasteiger partial charge on any atom is 0.285 e. The van der Waals surface area contributed by atoms with E-state index in [0.29, 0.717) is 17.8 Å². The predicted octanol–water partition coefficient (Wildman–Crippen LogP) is 4.87. The highest BCUT2D eigenvalue weighted by molar-refractivity contribution is 5.91. The van der Waals surface area contributed by atoms with E-state index in [1.54, 1.807) is 41.2 Å². The number of hydrogen-bond donors (Lipinski definition) is 1. The lowest BCUT2D eigenvalue weighted by atomic mass is 10.1. The van der Waals surface area contributed by atoms with Gasteiger partial charge in [0, 0.05) is 24.1 Å². The molecule has 0 saturated heterocycles. The van der Waals surface area contributed by atoms with Crippen LogP contribution in [0.15, 0.2) is 59.9 Å². The van der Waals surface area contributed by atoms with E-state index in [0.717, 1.165) is 12.8 Å². The molecule has 1 amide bonds. The number of para-hydroxylation sites is 1. The van der Waals surface area contributed by atoms with Gasteiger partial charge in [0.2, 0.25) is 6.54 Å². The van der Waals surface area contributed by atoms with Crippen LogP contribution in [0.4, 0.5) is 5.69 Å². The van der Waals surface area contributed by atoms with Crippen molar-refractivity contribution in [2.75, 3.05) is 6.54 Å². The first-order valence-corrected chi connectivity index (χ1v) is 11.8. The third-order valence-corrected chi connectivity index (χ3v) is 5.27. The zero-order valence-corrected chi connectivity index (χ0v) is 20.1. The minimum absolute atomic E-state index is 0. The van der Waals surface area contributed by atoms with Crippen molar-refractivity contribution in [2.45, 2.75) is 77.7 Å². The lowest BCUT2D eigenvalue weighted by Gasteiger charge is -2.09. The van der Waals surface area contributed by atoms with Crippen molar-refractivity contribution in [3.05, 3.63) is 60.4 Å². The number of unbranched alkanes of at least 4 members (excludes halogenated alkanes) is 9. The summed E-state index contributed by atoms with van der Waals surface area (Å²) in [6.45, 7) is 3.15. The second kappa shape index (κ2) is 17.2. The van der Waals surface area contributed by atoms with E-state index < -0.39 is 0 Å². The van der Waals surface area contributed by atoms with Gasteiger partial charge in [0.15, 0.2) is 12.4 Å². The van der Waals surface area contributed by atoms with Crippen molar-refractivity contribution in [1.29, 1.82) is 0 Å². The normalized spacial score (nSPS) is 11.1. The standard InChI is InChI=1S/C26H37N3O2.ClH/c1-2-3-4-5-6-7-8-9-10-14-19-27-25(30)22-29-20-15-16-23(21-29)26(31)28-24-17-12-11-13-18-24;/h11-13,15-18,20-21H,2-10,14,19,22H2,1H3,(H-,27,28,30,31);1H. The van der Waals surface area contributed by atoms with Crippen LogP contribution in [0.2, 0.25) is 0 Å². The first-order valence-electron chi connectivity index (χ1n) is 11.8. The molecule has 0 radical (unpaired) electrons. The SMILES string of the molecule is CCCCCCCCCCCCNC(=O)C[n+]1cccc(C([O-])=Nc2ccccc2)c1.Cl. The van der Waals surface area contributed by atoms with E-state index in [2.05, 4.69) is 17.2 Å². The molecule has 1 heterocycles. The number of rotatable bonds is 15. The number of benzene rings is 1. The Balaban J connectivity index is 0.00000512. The summed E-state index contributed by atoms with van der Waals surface area (Å²) in [6, 6.07) is 12.6. The number of pyridine rings is 1. The summed E-state index contributed by atoms with van der Waals surface area (Å²) in [5, 5.41) is 15.3. The first-order chi connectivity index (χ1) is 15.2. The fraction of sp³-hybridized carbons (Fsp3) is 0.500. The number of aliphatic imine (C=N–C) groups is 1. The van der Waals surface area contributed by atoms with Gasteiger partial charge in [-0.15, -0.1) is 12.4 Å². The molecule has 1 N–H and O–H groups in total. The number of carbonyl (C=O) groups is 1. The summed E-state index contributed by atoms with van der Waals surface area (Å²) in [5.41, 5.74) is 1.09. The molecule has 1 aromatic heterocycles. The van der Waals surface area contributed by atoms with Crippen molar-refractivity contribution in [1.82, 2.24) is 5.32 Å². The molecule has 0 unspecified atom stereocenters. The fourth-order valence-corrected chi connectivity index (χ4v) is 3.49. The van der Waals surface area contributed by atoms with Crippen molar-refractivity contribution in [3.63, 3.8) is 0 Å².